The molecule has 0 bridgehead atoms. The van der Waals surface area contributed by atoms with Gasteiger partial charge in [0.1, 0.15) is 30.2 Å². The molecular formula is C22H26O7. The standard InChI is InChI=1S/C22H26O7/c1-24-16-10-8-14(9-11-16)12-26-20-18(23)19-17(28-22(20)25-2)13-27-21(29-19)15-6-4-3-5-7-15/h3-11,17-23H,12-13H2,1-2H3/t17-,18+,19-,20-,21?,22-/m1/s1. The first-order valence-electron chi connectivity index (χ1n) is 9.62. The number of aliphatic hydroxyl groups excluding tert-OH is 1. The van der Waals surface area contributed by atoms with Crippen molar-refractivity contribution in [3.05, 3.63) is 65.7 Å². The van der Waals surface area contributed by atoms with Gasteiger partial charge >= 0.3 is 0 Å². The van der Waals surface area contributed by atoms with Gasteiger partial charge in [-0.25, -0.2) is 0 Å². The molecule has 0 amide bonds. The Labute approximate surface area is 170 Å². The van der Waals surface area contributed by atoms with Crippen LogP contribution in [0, 0.1) is 0 Å². The number of rotatable bonds is 6. The van der Waals surface area contributed by atoms with Crippen LogP contribution in [0.1, 0.15) is 17.4 Å². The third kappa shape index (κ3) is 4.45. The second-order valence-corrected chi connectivity index (χ2v) is 7.07. The van der Waals surface area contributed by atoms with E-state index in [1.54, 1.807) is 7.11 Å². The van der Waals surface area contributed by atoms with Crippen LogP contribution in [-0.4, -0.2) is 56.6 Å². The van der Waals surface area contributed by atoms with E-state index in [4.69, 9.17) is 28.4 Å². The molecule has 1 N–H and O–H groups in total. The van der Waals surface area contributed by atoms with E-state index in [0.29, 0.717) is 13.2 Å². The number of aliphatic hydroxyl groups is 1. The van der Waals surface area contributed by atoms with E-state index in [1.807, 2.05) is 54.6 Å². The molecule has 0 aliphatic carbocycles. The summed E-state index contributed by atoms with van der Waals surface area (Å²) in [4.78, 5) is 0. The molecule has 2 fully saturated rings. The number of hydrogen-bond donors (Lipinski definition) is 1. The van der Waals surface area contributed by atoms with E-state index in [9.17, 15) is 5.11 Å². The zero-order chi connectivity index (χ0) is 20.2. The van der Waals surface area contributed by atoms with Crippen LogP contribution in [0.2, 0.25) is 0 Å². The quantitative estimate of drug-likeness (QED) is 0.795. The lowest BCUT2D eigenvalue weighted by Crippen LogP contribution is -2.62. The molecule has 2 aromatic rings. The van der Waals surface area contributed by atoms with Gasteiger partial charge in [0.15, 0.2) is 12.6 Å². The van der Waals surface area contributed by atoms with Crippen LogP contribution in [0.4, 0.5) is 0 Å². The van der Waals surface area contributed by atoms with Crippen LogP contribution in [0.3, 0.4) is 0 Å². The maximum absolute atomic E-state index is 11.0. The lowest BCUT2D eigenvalue weighted by Gasteiger charge is -2.47. The van der Waals surface area contributed by atoms with Gasteiger partial charge in [0.05, 0.1) is 20.3 Å². The average molecular weight is 402 g/mol. The average Bonchev–Trinajstić information content (AvgIpc) is 2.79. The van der Waals surface area contributed by atoms with Crippen molar-refractivity contribution in [2.45, 2.75) is 43.6 Å². The Hall–Kier alpha value is -2.00. The van der Waals surface area contributed by atoms with Gasteiger partial charge in [-0.2, -0.15) is 0 Å². The SMILES string of the molecule is COc1ccc(CO[C@H]2[C@H](OC)O[C@@H]3COC(c4ccccc4)O[C@H]3[C@@H]2O)cc1. The first-order valence-corrected chi connectivity index (χ1v) is 9.62. The molecule has 156 valence electrons. The summed E-state index contributed by atoms with van der Waals surface area (Å²) in [6.07, 6.45) is -3.91. The second-order valence-electron chi connectivity index (χ2n) is 7.07. The molecule has 6 atom stereocenters. The number of fused-ring (bicyclic) bond motifs is 1. The number of methoxy groups -OCH3 is 2. The van der Waals surface area contributed by atoms with E-state index < -0.39 is 37.0 Å². The van der Waals surface area contributed by atoms with Crippen molar-refractivity contribution in [1.82, 2.24) is 0 Å². The largest absolute Gasteiger partial charge is 0.497 e. The highest BCUT2D eigenvalue weighted by Gasteiger charge is 2.50. The van der Waals surface area contributed by atoms with Crippen molar-refractivity contribution >= 4 is 0 Å². The molecule has 7 nitrogen and oxygen atoms in total. The fraction of sp³-hybridized carbons (Fsp3) is 0.455. The Kier molecular flexibility index (Phi) is 6.44. The van der Waals surface area contributed by atoms with Crippen molar-refractivity contribution in [3.63, 3.8) is 0 Å². The molecular weight excluding hydrogens is 376 g/mol. The van der Waals surface area contributed by atoms with Crippen molar-refractivity contribution in [1.29, 1.82) is 0 Å². The number of ether oxygens (including phenoxy) is 6. The summed E-state index contributed by atoms with van der Waals surface area (Å²) in [7, 11) is 3.15. The fourth-order valence-electron chi connectivity index (χ4n) is 3.63. The molecule has 2 aliphatic heterocycles. The molecule has 2 aromatic carbocycles. The molecule has 0 radical (unpaired) electrons. The van der Waals surface area contributed by atoms with Crippen LogP contribution in [-0.2, 0) is 30.3 Å². The van der Waals surface area contributed by atoms with Crippen LogP contribution in [0.25, 0.3) is 0 Å². The zero-order valence-corrected chi connectivity index (χ0v) is 16.5. The van der Waals surface area contributed by atoms with Crippen LogP contribution < -0.4 is 4.74 Å². The first-order chi connectivity index (χ1) is 14.2. The lowest BCUT2D eigenvalue weighted by molar-refractivity contribution is -0.363. The molecule has 0 spiro atoms. The Morgan fingerprint density at radius 3 is 2.45 bits per heavy atom. The normalized spacial score (nSPS) is 31.8. The van der Waals surface area contributed by atoms with E-state index in [1.165, 1.54) is 7.11 Å². The summed E-state index contributed by atoms with van der Waals surface area (Å²) >= 11 is 0. The molecule has 4 rings (SSSR count). The molecule has 1 unspecified atom stereocenters. The van der Waals surface area contributed by atoms with Gasteiger partial charge in [-0.1, -0.05) is 42.5 Å². The van der Waals surface area contributed by atoms with Crippen molar-refractivity contribution in [2.24, 2.45) is 0 Å². The van der Waals surface area contributed by atoms with E-state index in [2.05, 4.69) is 0 Å². The molecule has 2 heterocycles. The van der Waals surface area contributed by atoms with Gasteiger partial charge in [-0.05, 0) is 17.7 Å². The monoisotopic (exact) mass is 402 g/mol. The Balaban J connectivity index is 1.44. The maximum atomic E-state index is 11.0. The van der Waals surface area contributed by atoms with Crippen molar-refractivity contribution < 1.29 is 33.5 Å². The Morgan fingerprint density at radius 1 is 1.00 bits per heavy atom. The number of hydrogen-bond acceptors (Lipinski definition) is 7. The summed E-state index contributed by atoms with van der Waals surface area (Å²) in [5, 5.41) is 11.0. The summed E-state index contributed by atoms with van der Waals surface area (Å²) in [5.41, 5.74) is 1.84. The third-order valence-electron chi connectivity index (χ3n) is 5.21. The van der Waals surface area contributed by atoms with Gasteiger partial charge in [-0.15, -0.1) is 0 Å². The van der Waals surface area contributed by atoms with Crippen LogP contribution in [0.5, 0.6) is 5.75 Å². The highest BCUT2D eigenvalue weighted by Crippen LogP contribution is 2.35. The Morgan fingerprint density at radius 2 is 1.76 bits per heavy atom. The van der Waals surface area contributed by atoms with Gasteiger partial charge in [-0.3, -0.25) is 0 Å². The molecule has 0 saturated carbocycles. The molecule has 29 heavy (non-hydrogen) atoms. The fourth-order valence-corrected chi connectivity index (χ4v) is 3.63. The summed E-state index contributed by atoms with van der Waals surface area (Å²) < 4.78 is 34.4. The van der Waals surface area contributed by atoms with Crippen molar-refractivity contribution in [3.8, 4) is 5.75 Å². The Bertz CT molecular complexity index is 766. The summed E-state index contributed by atoms with van der Waals surface area (Å²) in [5.74, 6) is 0.773. The third-order valence-corrected chi connectivity index (χ3v) is 5.21. The predicted molar refractivity (Wildman–Crippen MR) is 103 cm³/mol. The van der Waals surface area contributed by atoms with Gasteiger partial charge in [0, 0.05) is 12.7 Å². The smallest absolute Gasteiger partial charge is 0.186 e. The molecule has 2 aliphatic rings. The molecule has 0 aromatic heterocycles. The van der Waals surface area contributed by atoms with Crippen LogP contribution >= 0.6 is 0 Å². The first kappa shape index (κ1) is 20.3. The van der Waals surface area contributed by atoms with Crippen LogP contribution in [0.15, 0.2) is 54.6 Å². The minimum absolute atomic E-state index is 0.297. The van der Waals surface area contributed by atoms with Gasteiger partial charge in [0.25, 0.3) is 0 Å². The van der Waals surface area contributed by atoms with E-state index in [-0.39, 0.29) is 0 Å². The maximum Gasteiger partial charge on any atom is 0.186 e. The highest BCUT2D eigenvalue weighted by atomic mass is 16.8. The topological polar surface area (TPSA) is 75.6 Å². The summed E-state index contributed by atoms with van der Waals surface area (Å²) in [6.45, 7) is 0.595. The summed E-state index contributed by atoms with van der Waals surface area (Å²) in [6, 6.07) is 17.2. The minimum atomic E-state index is -0.924. The van der Waals surface area contributed by atoms with E-state index in [0.717, 1.165) is 16.9 Å². The number of benzene rings is 2. The predicted octanol–water partition coefficient (Wildman–Crippen LogP) is 2.43. The second kappa shape index (κ2) is 9.21. The highest BCUT2D eigenvalue weighted by molar-refractivity contribution is 5.26. The minimum Gasteiger partial charge on any atom is -0.497 e. The molecule has 7 heteroatoms. The van der Waals surface area contributed by atoms with Gasteiger partial charge in [0.2, 0.25) is 0 Å². The lowest BCUT2D eigenvalue weighted by atomic mass is 9.97. The van der Waals surface area contributed by atoms with Gasteiger partial charge < -0.3 is 33.5 Å². The van der Waals surface area contributed by atoms with Crippen molar-refractivity contribution in [2.75, 3.05) is 20.8 Å². The zero-order valence-electron chi connectivity index (χ0n) is 16.5. The van der Waals surface area contributed by atoms with E-state index >= 15 is 0 Å². The molecule has 2 saturated heterocycles.